The number of nitrogens with one attached hydrogen (secondary N) is 2. The van der Waals surface area contributed by atoms with Gasteiger partial charge in [-0.05, 0) is 38.5 Å². The minimum atomic E-state index is 0.240. The van der Waals surface area contributed by atoms with Crippen molar-refractivity contribution >= 4 is 5.91 Å². The van der Waals surface area contributed by atoms with Crippen molar-refractivity contribution in [2.45, 2.75) is 56.7 Å². The monoisotopic (exact) mass is 220 g/mol. The Morgan fingerprint density at radius 1 is 1.25 bits per heavy atom. The van der Waals surface area contributed by atoms with E-state index >= 15 is 0 Å². The lowest BCUT2D eigenvalue weighted by atomic mass is 9.88. The molecule has 3 nitrogen and oxygen atoms in total. The van der Waals surface area contributed by atoms with Crippen molar-refractivity contribution in [3.05, 3.63) is 12.2 Å². The van der Waals surface area contributed by atoms with Gasteiger partial charge in [-0.1, -0.05) is 12.2 Å². The normalized spacial score (nSPS) is 41.2. The molecule has 0 radical (unpaired) electrons. The standard InChI is InChI=1S/C13H20N2O/c16-13(15-9-4-2-1-3-5-9)11-8-10-6-7-12(11)14-10/h1-2,9-12,14H,3-8H2,(H,15,16). The molecule has 1 amide bonds. The van der Waals surface area contributed by atoms with Crippen LogP contribution in [0.4, 0.5) is 0 Å². The number of hydrogen-bond acceptors (Lipinski definition) is 2. The number of amides is 1. The zero-order chi connectivity index (χ0) is 11.0. The van der Waals surface area contributed by atoms with E-state index in [1.807, 2.05) is 0 Å². The third-order valence-electron chi connectivity index (χ3n) is 4.25. The average molecular weight is 220 g/mol. The van der Waals surface area contributed by atoms with E-state index in [2.05, 4.69) is 22.8 Å². The minimum Gasteiger partial charge on any atom is -0.353 e. The van der Waals surface area contributed by atoms with Crippen molar-refractivity contribution in [3.8, 4) is 0 Å². The summed E-state index contributed by atoms with van der Waals surface area (Å²) >= 11 is 0. The summed E-state index contributed by atoms with van der Waals surface area (Å²) in [5.74, 6) is 0.532. The van der Waals surface area contributed by atoms with Crippen LogP contribution in [0.1, 0.15) is 38.5 Å². The van der Waals surface area contributed by atoms with Crippen LogP contribution in [0, 0.1) is 5.92 Å². The van der Waals surface area contributed by atoms with Crippen LogP contribution in [-0.4, -0.2) is 24.0 Å². The van der Waals surface area contributed by atoms with E-state index in [0.29, 0.717) is 24.0 Å². The number of fused-ring (bicyclic) bond motifs is 2. The van der Waals surface area contributed by atoms with E-state index < -0.39 is 0 Å². The first-order chi connectivity index (χ1) is 7.83. The van der Waals surface area contributed by atoms with E-state index in [4.69, 9.17) is 0 Å². The summed E-state index contributed by atoms with van der Waals surface area (Å²) in [4.78, 5) is 12.1. The van der Waals surface area contributed by atoms with Gasteiger partial charge in [0.1, 0.15) is 0 Å². The third-order valence-corrected chi connectivity index (χ3v) is 4.25. The summed E-state index contributed by atoms with van der Waals surface area (Å²) in [6.07, 6.45) is 11.1. The van der Waals surface area contributed by atoms with E-state index in [1.54, 1.807) is 0 Å². The predicted molar refractivity (Wildman–Crippen MR) is 63.0 cm³/mol. The van der Waals surface area contributed by atoms with Gasteiger partial charge in [0.15, 0.2) is 0 Å². The zero-order valence-corrected chi connectivity index (χ0v) is 9.61. The molecule has 3 heteroatoms. The zero-order valence-electron chi connectivity index (χ0n) is 9.61. The summed E-state index contributed by atoms with van der Waals surface area (Å²) in [5.41, 5.74) is 0. The molecule has 2 heterocycles. The second-order valence-corrected chi connectivity index (χ2v) is 5.38. The lowest BCUT2D eigenvalue weighted by Crippen LogP contribution is -2.43. The number of rotatable bonds is 2. The molecule has 2 saturated heterocycles. The maximum Gasteiger partial charge on any atom is 0.224 e. The summed E-state index contributed by atoms with van der Waals surface area (Å²) in [7, 11) is 0. The highest BCUT2D eigenvalue weighted by atomic mass is 16.2. The lowest BCUT2D eigenvalue weighted by Gasteiger charge is -2.24. The molecule has 0 aromatic heterocycles. The van der Waals surface area contributed by atoms with Crippen LogP contribution in [0.15, 0.2) is 12.2 Å². The average Bonchev–Trinajstić information content (AvgIpc) is 2.92. The Labute approximate surface area is 96.7 Å². The van der Waals surface area contributed by atoms with Gasteiger partial charge in [-0.2, -0.15) is 0 Å². The Morgan fingerprint density at radius 2 is 2.19 bits per heavy atom. The lowest BCUT2D eigenvalue weighted by molar-refractivity contribution is -0.126. The summed E-state index contributed by atoms with van der Waals surface area (Å²) in [5, 5.41) is 6.74. The maximum atomic E-state index is 12.1. The molecule has 88 valence electrons. The number of allylic oxidation sites excluding steroid dienone is 1. The Morgan fingerprint density at radius 3 is 2.81 bits per heavy atom. The van der Waals surface area contributed by atoms with Crippen molar-refractivity contribution in [3.63, 3.8) is 0 Å². The van der Waals surface area contributed by atoms with Gasteiger partial charge in [-0.25, -0.2) is 0 Å². The Balaban J connectivity index is 1.55. The molecule has 3 aliphatic rings. The molecule has 0 aromatic carbocycles. The van der Waals surface area contributed by atoms with Crippen molar-refractivity contribution in [1.82, 2.24) is 10.6 Å². The fourth-order valence-electron chi connectivity index (χ4n) is 3.35. The highest BCUT2D eigenvalue weighted by Gasteiger charge is 2.42. The van der Waals surface area contributed by atoms with Crippen molar-refractivity contribution in [1.29, 1.82) is 0 Å². The summed E-state index contributed by atoms with van der Waals surface area (Å²) in [6.45, 7) is 0. The maximum absolute atomic E-state index is 12.1. The topological polar surface area (TPSA) is 41.1 Å². The molecule has 3 rings (SSSR count). The molecule has 0 saturated carbocycles. The van der Waals surface area contributed by atoms with Gasteiger partial charge < -0.3 is 10.6 Å². The Kier molecular flexibility index (Phi) is 2.72. The van der Waals surface area contributed by atoms with Crippen LogP contribution >= 0.6 is 0 Å². The smallest absolute Gasteiger partial charge is 0.224 e. The highest BCUT2D eigenvalue weighted by Crippen LogP contribution is 2.33. The molecule has 4 atom stereocenters. The number of hydrogen-bond donors (Lipinski definition) is 2. The van der Waals surface area contributed by atoms with Gasteiger partial charge in [-0.3, -0.25) is 4.79 Å². The van der Waals surface area contributed by atoms with Crippen LogP contribution in [-0.2, 0) is 4.79 Å². The molecule has 0 aromatic rings. The molecule has 16 heavy (non-hydrogen) atoms. The van der Waals surface area contributed by atoms with Crippen LogP contribution in [0.5, 0.6) is 0 Å². The molecule has 2 N–H and O–H groups in total. The number of carbonyl (C=O) groups is 1. The first-order valence-electron chi connectivity index (χ1n) is 6.54. The first kappa shape index (κ1) is 10.3. The van der Waals surface area contributed by atoms with Gasteiger partial charge in [0.25, 0.3) is 0 Å². The molecular formula is C13H20N2O. The second kappa shape index (κ2) is 4.21. The van der Waals surface area contributed by atoms with Crippen molar-refractivity contribution in [2.75, 3.05) is 0 Å². The summed E-state index contributed by atoms with van der Waals surface area (Å²) < 4.78 is 0. The molecular weight excluding hydrogens is 200 g/mol. The molecule has 2 bridgehead atoms. The Hall–Kier alpha value is -0.830. The van der Waals surface area contributed by atoms with Crippen molar-refractivity contribution < 1.29 is 4.79 Å². The second-order valence-electron chi connectivity index (χ2n) is 5.38. The Bertz CT molecular complexity index is 313. The van der Waals surface area contributed by atoms with Gasteiger partial charge >= 0.3 is 0 Å². The number of carbonyl (C=O) groups excluding carboxylic acids is 1. The molecule has 0 spiro atoms. The van der Waals surface area contributed by atoms with E-state index in [1.165, 1.54) is 12.8 Å². The van der Waals surface area contributed by atoms with Gasteiger partial charge in [0.2, 0.25) is 5.91 Å². The minimum absolute atomic E-state index is 0.240. The van der Waals surface area contributed by atoms with Crippen molar-refractivity contribution in [2.24, 2.45) is 5.92 Å². The van der Waals surface area contributed by atoms with Gasteiger partial charge in [-0.15, -0.1) is 0 Å². The molecule has 2 aliphatic heterocycles. The third kappa shape index (κ3) is 1.88. The van der Waals surface area contributed by atoms with Gasteiger partial charge in [0, 0.05) is 18.1 Å². The quantitative estimate of drug-likeness (QED) is 0.690. The van der Waals surface area contributed by atoms with E-state index in [0.717, 1.165) is 25.7 Å². The van der Waals surface area contributed by atoms with Crippen LogP contribution < -0.4 is 10.6 Å². The van der Waals surface area contributed by atoms with E-state index in [9.17, 15) is 4.79 Å². The van der Waals surface area contributed by atoms with E-state index in [-0.39, 0.29) is 5.92 Å². The highest BCUT2D eigenvalue weighted by molar-refractivity contribution is 5.80. The summed E-state index contributed by atoms with van der Waals surface area (Å²) in [6, 6.07) is 1.47. The molecule has 1 aliphatic carbocycles. The van der Waals surface area contributed by atoms with Crippen LogP contribution in [0.3, 0.4) is 0 Å². The van der Waals surface area contributed by atoms with Crippen LogP contribution in [0.25, 0.3) is 0 Å². The predicted octanol–water partition coefficient (Wildman–Crippen LogP) is 1.35. The van der Waals surface area contributed by atoms with Crippen LogP contribution in [0.2, 0.25) is 0 Å². The fourth-order valence-corrected chi connectivity index (χ4v) is 3.35. The molecule has 2 fully saturated rings. The largest absolute Gasteiger partial charge is 0.353 e. The SMILES string of the molecule is O=C(NC1CC=CCC1)C1CC2CCC1N2. The fraction of sp³-hybridized carbons (Fsp3) is 0.769. The molecule has 4 unspecified atom stereocenters. The first-order valence-corrected chi connectivity index (χ1v) is 6.54. The van der Waals surface area contributed by atoms with Gasteiger partial charge in [0.05, 0.1) is 5.92 Å².